The summed E-state index contributed by atoms with van der Waals surface area (Å²) < 4.78 is 12.6. The van der Waals surface area contributed by atoms with E-state index < -0.39 is 5.60 Å². The summed E-state index contributed by atoms with van der Waals surface area (Å²) in [6, 6.07) is 2.31. The van der Waals surface area contributed by atoms with Gasteiger partial charge in [-0.05, 0) is 97.0 Å². The monoisotopic (exact) mass is 470 g/mol. The minimum Gasteiger partial charge on any atom is -0.504 e. The number of esters is 1. The van der Waals surface area contributed by atoms with Gasteiger partial charge in [0.25, 0.3) is 0 Å². The number of aliphatic hydroxyl groups is 1. The molecule has 2 bridgehead atoms. The highest BCUT2D eigenvalue weighted by atomic mass is 16.6. The molecule has 2 aliphatic carbocycles. The van der Waals surface area contributed by atoms with E-state index >= 15 is 0 Å². The number of rotatable bonds is 3. The van der Waals surface area contributed by atoms with E-state index in [4.69, 9.17) is 9.47 Å². The van der Waals surface area contributed by atoms with E-state index in [2.05, 4.69) is 16.8 Å². The molecule has 2 saturated heterocycles. The third kappa shape index (κ3) is 3.02. The Balaban J connectivity index is 1.42. The smallest absolute Gasteiger partial charge is 0.323 e. The molecule has 1 aromatic carbocycles. The van der Waals surface area contributed by atoms with Crippen molar-refractivity contribution in [3.8, 4) is 11.5 Å². The maximum Gasteiger partial charge on any atom is 0.323 e. The van der Waals surface area contributed by atoms with Gasteiger partial charge in [0.15, 0.2) is 11.5 Å². The number of carbonyl (C=O) groups is 1. The largest absolute Gasteiger partial charge is 0.504 e. The van der Waals surface area contributed by atoms with Gasteiger partial charge in [-0.25, -0.2) is 0 Å². The van der Waals surface area contributed by atoms with Crippen molar-refractivity contribution in [2.75, 3.05) is 20.1 Å². The molecule has 3 fully saturated rings. The lowest BCUT2D eigenvalue weighted by Gasteiger charge is -2.60. The maximum atomic E-state index is 13.2. The Morgan fingerprint density at radius 1 is 1.24 bits per heavy atom. The summed E-state index contributed by atoms with van der Waals surface area (Å²) in [6.07, 6.45) is 5.71. The highest BCUT2D eigenvalue weighted by Gasteiger charge is 2.66. The minimum atomic E-state index is -0.506. The molecule has 6 rings (SSSR count). The lowest BCUT2D eigenvalue weighted by Crippen LogP contribution is -2.69. The molecule has 186 valence electrons. The Labute approximate surface area is 202 Å². The van der Waals surface area contributed by atoms with Crippen molar-refractivity contribution < 1.29 is 24.5 Å². The number of likely N-dealkylation sites (tertiary alicyclic amines) is 2. The van der Waals surface area contributed by atoms with Crippen LogP contribution < -0.4 is 4.74 Å². The predicted octanol–water partition coefficient (Wildman–Crippen LogP) is 2.73. The molecule has 0 aromatic heterocycles. The molecule has 3 heterocycles. The Morgan fingerprint density at radius 2 is 2.03 bits per heavy atom. The summed E-state index contributed by atoms with van der Waals surface area (Å²) in [6.45, 7) is 7.45. The van der Waals surface area contributed by atoms with E-state index in [9.17, 15) is 15.0 Å². The number of likely N-dealkylation sites (N-methyl/N-ethyl adjacent to an activating group) is 1. The van der Waals surface area contributed by atoms with Crippen LogP contribution >= 0.6 is 0 Å². The van der Waals surface area contributed by atoms with Crippen molar-refractivity contribution in [2.24, 2.45) is 5.92 Å². The van der Waals surface area contributed by atoms with E-state index in [1.165, 1.54) is 11.1 Å². The SMILES string of the molecule is CN1CC[C@]23c4c5cc(CO)c(O)c4OC2C(N2CCCC2C(=O)OC(C)(C)C)CC[C@H]3[C@H]1C5. The first kappa shape index (κ1) is 22.6. The summed E-state index contributed by atoms with van der Waals surface area (Å²) in [4.78, 5) is 18.0. The number of ether oxygens (including phenoxy) is 2. The number of nitrogens with zero attached hydrogens (tertiary/aromatic N) is 2. The first-order chi connectivity index (χ1) is 16.2. The number of carbonyl (C=O) groups excluding carboxylic acids is 1. The van der Waals surface area contributed by atoms with Gasteiger partial charge in [0.2, 0.25) is 0 Å². The van der Waals surface area contributed by atoms with Crippen LogP contribution in [-0.2, 0) is 28.0 Å². The third-order valence-electron chi connectivity index (χ3n) is 9.33. The highest BCUT2D eigenvalue weighted by Crippen LogP contribution is 2.64. The molecule has 2 N–H and O–H groups in total. The van der Waals surface area contributed by atoms with Crippen LogP contribution in [0.1, 0.15) is 69.6 Å². The van der Waals surface area contributed by atoms with Crippen molar-refractivity contribution in [1.82, 2.24) is 9.80 Å². The maximum absolute atomic E-state index is 13.2. The Kier molecular flexibility index (Phi) is 5.05. The van der Waals surface area contributed by atoms with Gasteiger partial charge in [-0.2, -0.15) is 0 Å². The zero-order valence-electron chi connectivity index (χ0n) is 20.8. The predicted molar refractivity (Wildman–Crippen MR) is 127 cm³/mol. The molecule has 0 radical (unpaired) electrons. The molecule has 5 aliphatic rings. The zero-order valence-corrected chi connectivity index (χ0v) is 20.8. The number of aromatic hydroxyl groups is 1. The second-order valence-electron chi connectivity index (χ2n) is 12.2. The van der Waals surface area contributed by atoms with Crippen molar-refractivity contribution in [3.05, 3.63) is 22.8 Å². The topological polar surface area (TPSA) is 82.5 Å². The molecule has 1 saturated carbocycles. The Hall–Kier alpha value is -1.83. The molecular formula is C27H38N2O5. The van der Waals surface area contributed by atoms with Crippen LogP contribution in [0.4, 0.5) is 0 Å². The molecule has 0 amide bonds. The van der Waals surface area contributed by atoms with Crippen LogP contribution in [-0.4, -0.2) is 75.9 Å². The van der Waals surface area contributed by atoms with Gasteiger partial charge >= 0.3 is 5.97 Å². The summed E-state index contributed by atoms with van der Waals surface area (Å²) in [7, 11) is 2.23. The molecule has 7 heteroatoms. The van der Waals surface area contributed by atoms with E-state index in [0.717, 1.165) is 51.6 Å². The fraction of sp³-hybridized carbons (Fsp3) is 0.741. The first-order valence-electron chi connectivity index (χ1n) is 13.0. The van der Waals surface area contributed by atoms with E-state index in [0.29, 0.717) is 23.3 Å². The highest BCUT2D eigenvalue weighted by molar-refractivity contribution is 5.76. The lowest BCUT2D eigenvalue weighted by atomic mass is 9.51. The summed E-state index contributed by atoms with van der Waals surface area (Å²) in [5.74, 6) is 1.05. The molecule has 34 heavy (non-hydrogen) atoms. The van der Waals surface area contributed by atoms with Crippen LogP contribution in [0, 0.1) is 5.92 Å². The fourth-order valence-electron chi connectivity index (χ4n) is 8.11. The van der Waals surface area contributed by atoms with Gasteiger partial charge in [-0.15, -0.1) is 0 Å². The van der Waals surface area contributed by atoms with Crippen molar-refractivity contribution in [3.63, 3.8) is 0 Å². The number of benzene rings is 1. The number of hydrogen-bond donors (Lipinski definition) is 2. The minimum absolute atomic E-state index is 0.0978. The van der Waals surface area contributed by atoms with E-state index in [1.807, 2.05) is 26.8 Å². The number of hydrogen-bond acceptors (Lipinski definition) is 7. The van der Waals surface area contributed by atoms with Crippen molar-refractivity contribution >= 4 is 5.97 Å². The second kappa shape index (κ2) is 7.58. The Morgan fingerprint density at radius 3 is 2.76 bits per heavy atom. The Bertz CT molecular complexity index is 1020. The summed E-state index contributed by atoms with van der Waals surface area (Å²) >= 11 is 0. The molecule has 1 spiro atoms. The van der Waals surface area contributed by atoms with Gasteiger partial charge in [0.1, 0.15) is 17.7 Å². The van der Waals surface area contributed by atoms with Gasteiger partial charge in [0.05, 0.1) is 6.61 Å². The second-order valence-corrected chi connectivity index (χ2v) is 12.2. The van der Waals surface area contributed by atoms with Gasteiger partial charge in [-0.1, -0.05) is 0 Å². The molecule has 7 nitrogen and oxygen atoms in total. The third-order valence-corrected chi connectivity index (χ3v) is 9.33. The van der Waals surface area contributed by atoms with Crippen molar-refractivity contribution in [2.45, 2.75) is 101 Å². The molecule has 1 aromatic rings. The van der Waals surface area contributed by atoms with E-state index in [-0.39, 0.29) is 41.9 Å². The van der Waals surface area contributed by atoms with E-state index in [1.54, 1.807) is 0 Å². The van der Waals surface area contributed by atoms with Gasteiger partial charge in [-0.3, -0.25) is 9.69 Å². The average molecular weight is 471 g/mol. The van der Waals surface area contributed by atoms with Crippen LogP contribution in [0.2, 0.25) is 0 Å². The number of phenols is 1. The normalized spacial score (nSPS) is 36.8. The van der Waals surface area contributed by atoms with Gasteiger partial charge in [0, 0.05) is 28.6 Å². The lowest BCUT2D eigenvalue weighted by molar-refractivity contribution is -0.163. The van der Waals surface area contributed by atoms with Crippen LogP contribution in [0.5, 0.6) is 11.5 Å². The first-order valence-corrected chi connectivity index (χ1v) is 13.0. The quantitative estimate of drug-likeness (QED) is 0.658. The van der Waals surface area contributed by atoms with Crippen LogP contribution in [0.25, 0.3) is 0 Å². The summed E-state index contributed by atoms with van der Waals surface area (Å²) in [5.41, 5.74) is 2.31. The zero-order chi connectivity index (χ0) is 24.0. The molecule has 6 atom stereocenters. The number of aliphatic hydroxyl groups excluding tert-OH is 1. The fourth-order valence-corrected chi connectivity index (χ4v) is 8.11. The van der Waals surface area contributed by atoms with Crippen LogP contribution in [0.15, 0.2) is 6.07 Å². The molecular weight excluding hydrogens is 432 g/mol. The van der Waals surface area contributed by atoms with Crippen LogP contribution in [0.3, 0.4) is 0 Å². The standard InChI is InChI=1S/C27H38N2O5/c1-26(2,3)34-25(32)19-6-5-10-29(19)18-8-7-17-20-13-15-12-16(14-30)22(31)23-21(15)27(17,24(18)33-23)9-11-28(20)4/h12,17-20,24,30-31H,5-11,13-14H2,1-4H3/t17-,18?,19?,20+,24?,27-/m0/s1. The molecule has 3 unspecified atom stereocenters. The average Bonchev–Trinajstić information content (AvgIpc) is 3.39. The molecule has 3 aliphatic heterocycles. The number of piperidine rings is 1. The summed E-state index contributed by atoms with van der Waals surface area (Å²) in [5, 5.41) is 21.0. The van der Waals surface area contributed by atoms with Crippen molar-refractivity contribution in [1.29, 1.82) is 0 Å². The van der Waals surface area contributed by atoms with Gasteiger partial charge < -0.3 is 24.6 Å².